The zero-order valence-corrected chi connectivity index (χ0v) is 14.9. The molecule has 0 N–H and O–H groups in total. The third-order valence-electron chi connectivity index (χ3n) is 3.78. The molecular weight excluding hydrogens is 312 g/mol. The van der Waals surface area contributed by atoms with E-state index >= 15 is 0 Å². The number of carbonyl (C=O) groups excluding carboxylic acids is 3. The van der Waals surface area contributed by atoms with Crippen molar-refractivity contribution in [1.29, 1.82) is 0 Å². The summed E-state index contributed by atoms with van der Waals surface area (Å²) in [7, 11) is 2.66. The number of allylic oxidation sites excluding steroid dienone is 4. The molecule has 1 aliphatic carbocycles. The third-order valence-corrected chi connectivity index (χ3v) is 3.78. The highest BCUT2D eigenvalue weighted by atomic mass is 16.5. The van der Waals surface area contributed by atoms with Gasteiger partial charge < -0.3 is 14.2 Å². The normalized spacial score (nSPS) is 15.8. The second-order valence-corrected chi connectivity index (χ2v) is 5.39. The Morgan fingerprint density at radius 1 is 1.04 bits per heavy atom. The Labute approximate surface area is 142 Å². The molecule has 0 aromatic rings. The molecule has 0 aliphatic heterocycles. The standard InChI is InChI=1S/C18H24O6/c1-6-24-14(19)10-8-11(2)7-9-13-12(3)15(20)17(22-4)18(23-5)16(13)21/h7H,6,8-10H2,1-5H3. The Hall–Kier alpha value is -2.37. The molecule has 0 bridgehead atoms. The van der Waals surface area contributed by atoms with Crippen molar-refractivity contribution >= 4 is 17.5 Å². The molecule has 0 saturated heterocycles. The second kappa shape index (κ2) is 9.05. The predicted molar refractivity (Wildman–Crippen MR) is 88.0 cm³/mol. The summed E-state index contributed by atoms with van der Waals surface area (Å²) in [6.45, 7) is 5.59. The smallest absolute Gasteiger partial charge is 0.306 e. The fourth-order valence-corrected chi connectivity index (χ4v) is 2.35. The first-order valence-electron chi connectivity index (χ1n) is 7.79. The summed E-state index contributed by atoms with van der Waals surface area (Å²) in [5.41, 5.74) is 1.68. The molecule has 0 heterocycles. The van der Waals surface area contributed by atoms with Crippen molar-refractivity contribution in [2.75, 3.05) is 20.8 Å². The maximum Gasteiger partial charge on any atom is 0.306 e. The average molecular weight is 336 g/mol. The van der Waals surface area contributed by atoms with Gasteiger partial charge in [-0.2, -0.15) is 0 Å². The predicted octanol–water partition coefficient (Wildman–Crippen LogP) is 2.64. The number of hydrogen-bond donors (Lipinski definition) is 0. The molecule has 0 aromatic carbocycles. The second-order valence-electron chi connectivity index (χ2n) is 5.39. The van der Waals surface area contributed by atoms with E-state index in [1.54, 1.807) is 13.8 Å². The molecule has 0 aromatic heterocycles. The van der Waals surface area contributed by atoms with Crippen molar-refractivity contribution in [3.63, 3.8) is 0 Å². The lowest BCUT2D eigenvalue weighted by Crippen LogP contribution is -2.24. The van der Waals surface area contributed by atoms with Crippen LogP contribution in [0.5, 0.6) is 0 Å². The SMILES string of the molecule is CCOC(=O)CCC(C)=CCC1=C(C)C(=O)C(OC)=C(OC)C1=O. The zero-order chi connectivity index (χ0) is 18.3. The first-order valence-corrected chi connectivity index (χ1v) is 7.79. The van der Waals surface area contributed by atoms with Crippen LogP contribution in [-0.2, 0) is 28.6 Å². The number of carbonyl (C=O) groups is 3. The monoisotopic (exact) mass is 336 g/mol. The lowest BCUT2D eigenvalue weighted by molar-refractivity contribution is -0.143. The van der Waals surface area contributed by atoms with Crippen LogP contribution in [0.2, 0.25) is 0 Å². The van der Waals surface area contributed by atoms with Crippen molar-refractivity contribution in [3.8, 4) is 0 Å². The highest BCUT2D eigenvalue weighted by molar-refractivity contribution is 6.23. The Bertz CT molecular complexity index is 621. The van der Waals surface area contributed by atoms with Gasteiger partial charge in [0.15, 0.2) is 0 Å². The topological polar surface area (TPSA) is 78.9 Å². The summed E-state index contributed by atoms with van der Waals surface area (Å²) in [4.78, 5) is 36.1. The minimum atomic E-state index is -0.346. The molecule has 0 radical (unpaired) electrons. The van der Waals surface area contributed by atoms with E-state index in [1.807, 2.05) is 13.0 Å². The van der Waals surface area contributed by atoms with Crippen molar-refractivity contribution < 1.29 is 28.6 Å². The molecule has 0 saturated carbocycles. The minimum absolute atomic E-state index is 0.0632. The van der Waals surface area contributed by atoms with E-state index in [0.717, 1.165) is 5.57 Å². The number of esters is 1. The number of Topliss-reactive ketones (excluding diaryl/α,β-unsaturated/α-hetero) is 2. The molecular formula is C18H24O6. The highest BCUT2D eigenvalue weighted by Gasteiger charge is 2.34. The van der Waals surface area contributed by atoms with Gasteiger partial charge in [-0.15, -0.1) is 0 Å². The van der Waals surface area contributed by atoms with Crippen LogP contribution in [0, 0.1) is 0 Å². The maximum atomic E-state index is 12.5. The van der Waals surface area contributed by atoms with E-state index < -0.39 is 0 Å². The molecule has 6 nitrogen and oxygen atoms in total. The van der Waals surface area contributed by atoms with Gasteiger partial charge in [-0.05, 0) is 33.6 Å². The number of hydrogen-bond acceptors (Lipinski definition) is 6. The zero-order valence-electron chi connectivity index (χ0n) is 14.9. The lowest BCUT2D eigenvalue weighted by Gasteiger charge is -2.19. The van der Waals surface area contributed by atoms with Crippen LogP contribution in [0.4, 0.5) is 0 Å². The van der Waals surface area contributed by atoms with E-state index in [0.29, 0.717) is 30.6 Å². The molecule has 0 unspecified atom stereocenters. The number of ketones is 2. The van der Waals surface area contributed by atoms with Gasteiger partial charge in [-0.1, -0.05) is 11.6 Å². The molecule has 0 atom stereocenters. The van der Waals surface area contributed by atoms with Crippen LogP contribution in [-0.4, -0.2) is 38.4 Å². The molecule has 1 rings (SSSR count). The van der Waals surface area contributed by atoms with Gasteiger partial charge in [0.1, 0.15) is 0 Å². The highest BCUT2D eigenvalue weighted by Crippen LogP contribution is 2.28. The van der Waals surface area contributed by atoms with Crippen molar-refractivity contribution in [1.82, 2.24) is 0 Å². The summed E-state index contributed by atoms with van der Waals surface area (Å²) in [5, 5.41) is 0. The van der Waals surface area contributed by atoms with Crippen molar-refractivity contribution in [2.45, 2.75) is 40.0 Å². The van der Waals surface area contributed by atoms with Crippen LogP contribution >= 0.6 is 0 Å². The largest absolute Gasteiger partial charge is 0.489 e. The fourth-order valence-electron chi connectivity index (χ4n) is 2.35. The van der Waals surface area contributed by atoms with Crippen molar-refractivity contribution in [2.24, 2.45) is 0 Å². The number of methoxy groups -OCH3 is 2. The summed E-state index contributed by atoms with van der Waals surface area (Å²) < 4.78 is 14.9. The summed E-state index contributed by atoms with van der Waals surface area (Å²) in [5.74, 6) is -1.08. The van der Waals surface area contributed by atoms with E-state index in [9.17, 15) is 14.4 Å². The molecule has 0 spiro atoms. The summed E-state index contributed by atoms with van der Waals surface area (Å²) >= 11 is 0. The quantitative estimate of drug-likeness (QED) is 0.385. The molecule has 24 heavy (non-hydrogen) atoms. The number of ether oxygens (including phenoxy) is 3. The van der Waals surface area contributed by atoms with Crippen LogP contribution in [0.1, 0.15) is 40.0 Å². The van der Waals surface area contributed by atoms with Gasteiger partial charge in [0.2, 0.25) is 23.1 Å². The van der Waals surface area contributed by atoms with Gasteiger partial charge in [0, 0.05) is 17.6 Å². The average Bonchev–Trinajstić information content (AvgIpc) is 2.56. The van der Waals surface area contributed by atoms with Crippen LogP contribution < -0.4 is 0 Å². The maximum absolute atomic E-state index is 12.5. The minimum Gasteiger partial charge on any atom is -0.489 e. The Morgan fingerprint density at radius 2 is 1.62 bits per heavy atom. The van der Waals surface area contributed by atoms with E-state index in [-0.39, 0.29) is 35.5 Å². The van der Waals surface area contributed by atoms with E-state index in [4.69, 9.17) is 14.2 Å². The van der Waals surface area contributed by atoms with Crippen molar-refractivity contribution in [3.05, 3.63) is 34.3 Å². The van der Waals surface area contributed by atoms with Crippen LogP contribution in [0.25, 0.3) is 0 Å². The van der Waals surface area contributed by atoms with E-state index in [2.05, 4.69) is 0 Å². The summed E-state index contributed by atoms with van der Waals surface area (Å²) in [6.07, 6.45) is 2.98. The van der Waals surface area contributed by atoms with Gasteiger partial charge >= 0.3 is 5.97 Å². The van der Waals surface area contributed by atoms with Gasteiger partial charge in [-0.3, -0.25) is 14.4 Å². The fraction of sp³-hybridized carbons (Fsp3) is 0.500. The van der Waals surface area contributed by atoms with Gasteiger partial charge in [0.05, 0.1) is 20.8 Å². The molecule has 6 heteroatoms. The molecule has 0 fully saturated rings. The summed E-state index contributed by atoms with van der Waals surface area (Å²) in [6, 6.07) is 0. The Kier molecular flexibility index (Phi) is 7.42. The Morgan fingerprint density at radius 3 is 2.17 bits per heavy atom. The van der Waals surface area contributed by atoms with Crippen LogP contribution in [0.15, 0.2) is 34.3 Å². The Balaban J connectivity index is 2.85. The van der Waals surface area contributed by atoms with E-state index in [1.165, 1.54) is 14.2 Å². The molecule has 0 amide bonds. The lowest BCUT2D eigenvalue weighted by atomic mass is 9.90. The van der Waals surface area contributed by atoms with Gasteiger partial charge in [-0.25, -0.2) is 0 Å². The molecule has 132 valence electrons. The molecule has 1 aliphatic rings. The van der Waals surface area contributed by atoms with Crippen LogP contribution in [0.3, 0.4) is 0 Å². The van der Waals surface area contributed by atoms with Gasteiger partial charge in [0.25, 0.3) is 0 Å². The first kappa shape index (κ1) is 19.7. The third kappa shape index (κ3) is 4.57. The number of rotatable bonds is 8. The first-order chi connectivity index (χ1) is 11.4.